The fraction of sp³-hybridized carbons (Fsp3) is 0.348. The topological polar surface area (TPSA) is 113 Å². The smallest absolute Gasteiger partial charge is 0.147 e. The summed E-state index contributed by atoms with van der Waals surface area (Å²) in [5, 5.41) is 12.3. The molecule has 6 atom stereocenters. The third-order valence-corrected chi connectivity index (χ3v) is 9.68. The van der Waals surface area contributed by atoms with Crippen molar-refractivity contribution in [1.29, 1.82) is 0 Å². The number of benzene rings is 5. The minimum atomic E-state index is -1.24. The van der Waals surface area contributed by atoms with E-state index in [0.717, 1.165) is 45.1 Å². The highest BCUT2D eigenvalue weighted by atomic mass is 16.7. The number of methoxy groups -OCH3 is 3. The fourth-order valence-corrected chi connectivity index (χ4v) is 6.56. The van der Waals surface area contributed by atoms with Gasteiger partial charge in [0.15, 0.2) is 0 Å². The predicted octanol–water partition coefficient (Wildman–Crippen LogP) is 7.26. The van der Waals surface area contributed by atoms with Gasteiger partial charge in [-0.15, -0.1) is 0 Å². The lowest BCUT2D eigenvalue weighted by molar-refractivity contribution is -0.299. The van der Waals surface area contributed by atoms with E-state index in [1.165, 1.54) is 0 Å². The van der Waals surface area contributed by atoms with E-state index in [0.29, 0.717) is 13.2 Å². The van der Waals surface area contributed by atoms with Crippen LogP contribution in [0.1, 0.15) is 27.8 Å². The van der Waals surface area contributed by atoms with Gasteiger partial charge in [-0.05, 0) is 64.2 Å². The Balaban J connectivity index is 1.30. The molecule has 5 aromatic carbocycles. The molecule has 1 N–H and O–H groups in total. The highest BCUT2D eigenvalue weighted by Gasteiger charge is 2.54. The van der Waals surface area contributed by atoms with Gasteiger partial charge >= 0.3 is 0 Å². The maximum absolute atomic E-state index is 12.3. The van der Waals surface area contributed by atoms with Crippen molar-refractivity contribution in [3.8, 4) is 17.2 Å². The van der Waals surface area contributed by atoms with Crippen LogP contribution in [0.3, 0.4) is 0 Å². The summed E-state index contributed by atoms with van der Waals surface area (Å²) in [7, 11) is 4.87. The third-order valence-electron chi connectivity index (χ3n) is 9.68. The van der Waals surface area contributed by atoms with Crippen molar-refractivity contribution in [2.24, 2.45) is 0 Å². The van der Waals surface area contributed by atoms with Crippen molar-refractivity contribution in [2.75, 3.05) is 34.9 Å². The maximum Gasteiger partial charge on any atom is 0.147 e. The van der Waals surface area contributed by atoms with Gasteiger partial charge in [0.2, 0.25) is 0 Å². The molecule has 0 radical (unpaired) electrons. The van der Waals surface area contributed by atoms with E-state index < -0.39 is 36.6 Å². The molecular weight excluding hydrogens is 728 g/mol. The van der Waals surface area contributed by atoms with E-state index in [2.05, 4.69) is 0 Å². The molecule has 57 heavy (non-hydrogen) atoms. The van der Waals surface area contributed by atoms with Crippen molar-refractivity contribution in [1.82, 2.24) is 0 Å². The molecule has 0 aromatic heterocycles. The summed E-state index contributed by atoms with van der Waals surface area (Å²) in [4.78, 5) is 0. The summed E-state index contributed by atoms with van der Waals surface area (Å²) < 4.78 is 61.1. The monoisotopic (exact) mass is 780 g/mol. The van der Waals surface area contributed by atoms with Gasteiger partial charge in [0.1, 0.15) is 67.5 Å². The molecule has 1 aliphatic rings. The fourth-order valence-electron chi connectivity index (χ4n) is 6.56. The Labute approximate surface area is 334 Å². The zero-order chi connectivity index (χ0) is 39.7. The minimum absolute atomic E-state index is 0.126. The van der Waals surface area contributed by atoms with Crippen LogP contribution >= 0.6 is 0 Å². The van der Waals surface area contributed by atoms with Gasteiger partial charge in [0.25, 0.3) is 0 Å². The molecular formula is C46H52O11. The number of rotatable bonds is 22. The van der Waals surface area contributed by atoms with Gasteiger partial charge in [0, 0.05) is 0 Å². The second-order valence-electron chi connectivity index (χ2n) is 13.5. The van der Waals surface area contributed by atoms with Crippen molar-refractivity contribution in [2.45, 2.75) is 69.7 Å². The highest BCUT2D eigenvalue weighted by Crippen LogP contribution is 2.34. The van der Waals surface area contributed by atoms with Crippen molar-refractivity contribution >= 4 is 0 Å². The Bertz CT molecular complexity index is 1730. The molecule has 0 spiro atoms. The van der Waals surface area contributed by atoms with E-state index in [1.807, 2.05) is 133 Å². The highest BCUT2D eigenvalue weighted by molar-refractivity contribution is 5.28. The molecule has 6 rings (SSSR count). The van der Waals surface area contributed by atoms with Crippen molar-refractivity contribution < 1.29 is 52.5 Å². The van der Waals surface area contributed by atoms with Crippen molar-refractivity contribution in [3.63, 3.8) is 0 Å². The average molecular weight is 781 g/mol. The van der Waals surface area contributed by atoms with Crippen LogP contribution in [-0.2, 0) is 66.2 Å². The first kappa shape index (κ1) is 41.8. The lowest BCUT2D eigenvalue weighted by Crippen LogP contribution is -2.67. The predicted molar refractivity (Wildman–Crippen MR) is 213 cm³/mol. The summed E-state index contributed by atoms with van der Waals surface area (Å²) in [6, 6.07) is 42.4. The van der Waals surface area contributed by atoms with Gasteiger partial charge < -0.3 is 52.5 Å². The third kappa shape index (κ3) is 12.3. The number of aliphatic hydroxyl groups excluding tert-OH is 1. The molecule has 5 aromatic rings. The number of hydrogen-bond acceptors (Lipinski definition) is 11. The van der Waals surface area contributed by atoms with Crippen molar-refractivity contribution in [3.05, 3.63) is 161 Å². The van der Waals surface area contributed by atoms with Crippen LogP contribution in [0.15, 0.2) is 133 Å². The van der Waals surface area contributed by atoms with Crippen LogP contribution in [0.4, 0.5) is 0 Å². The molecule has 0 saturated heterocycles. The second kappa shape index (κ2) is 22.2. The van der Waals surface area contributed by atoms with Crippen LogP contribution < -0.4 is 14.2 Å². The molecule has 1 fully saturated rings. The molecule has 1 saturated carbocycles. The summed E-state index contributed by atoms with van der Waals surface area (Å²) >= 11 is 0. The molecule has 11 heteroatoms. The van der Waals surface area contributed by atoms with Gasteiger partial charge in [-0.25, -0.2) is 0 Å². The van der Waals surface area contributed by atoms with E-state index in [4.69, 9.17) is 47.4 Å². The zero-order valence-corrected chi connectivity index (χ0v) is 32.6. The van der Waals surface area contributed by atoms with Gasteiger partial charge in [-0.2, -0.15) is 0 Å². The first-order valence-corrected chi connectivity index (χ1v) is 18.9. The number of ether oxygens (including phenoxy) is 10. The van der Waals surface area contributed by atoms with Gasteiger partial charge in [0.05, 0.1) is 54.4 Å². The second-order valence-corrected chi connectivity index (χ2v) is 13.5. The van der Waals surface area contributed by atoms with Gasteiger partial charge in [-0.1, -0.05) is 97.1 Å². The van der Waals surface area contributed by atoms with Crippen LogP contribution in [-0.4, -0.2) is 76.6 Å². The molecule has 0 bridgehead atoms. The lowest BCUT2D eigenvalue weighted by atomic mass is 9.84. The Kier molecular flexibility index (Phi) is 16.3. The minimum Gasteiger partial charge on any atom is -0.497 e. The summed E-state index contributed by atoms with van der Waals surface area (Å²) in [5.74, 6) is 2.19. The van der Waals surface area contributed by atoms with E-state index >= 15 is 0 Å². The van der Waals surface area contributed by atoms with E-state index in [9.17, 15) is 5.11 Å². The Morgan fingerprint density at radius 1 is 0.351 bits per heavy atom. The molecule has 0 heterocycles. The average Bonchev–Trinajstić information content (AvgIpc) is 3.27. The van der Waals surface area contributed by atoms with Crippen LogP contribution in [0.25, 0.3) is 0 Å². The zero-order valence-electron chi connectivity index (χ0n) is 32.6. The molecule has 302 valence electrons. The maximum atomic E-state index is 12.3. The SMILES string of the molecule is COc1ccc(COC2[C@@H](OCc3ccc(OC)cc3)[C@@H](OCOCc3ccccc3)C(O)[C@H](OCOCc3ccccc3)[C@H]2OCc2ccc(OC)cc2)cc1. The molecule has 2 unspecified atom stereocenters. The van der Waals surface area contributed by atoms with E-state index in [-0.39, 0.29) is 33.4 Å². The Morgan fingerprint density at radius 2 is 0.649 bits per heavy atom. The first-order chi connectivity index (χ1) is 28.0. The van der Waals surface area contributed by atoms with Crippen LogP contribution in [0.5, 0.6) is 17.2 Å². The summed E-state index contributed by atoms with van der Waals surface area (Å²) in [6.45, 7) is 0.955. The Hall–Kier alpha value is -4.82. The molecule has 11 nitrogen and oxygen atoms in total. The Morgan fingerprint density at radius 3 is 0.965 bits per heavy atom. The molecule has 1 aliphatic carbocycles. The molecule has 0 aliphatic heterocycles. The first-order valence-electron chi connectivity index (χ1n) is 18.9. The summed E-state index contributed by atoms with van der Waals surface area (Å²) in [5.41, 5.74) is 4.66. The molecule has 0 amide bonds. The normalized spacial score (nSPS) is 20.6. The number of aliphatic hydroxyl groups is 1. The van der Waals surface area contributed by atoms with Gasteiger partial charge in [-0.3, -0.25) is 0 Å². The van der Waals surface area contributed by atoms with Crippen LogP contribution in [0.2, 0.25) is 0 Å². The van der Waals surface area contributed by atoms with E-state index in [1.54, 1.807) is 21.3 Å². The standard InChI is InChI=1S/C46H52O11/c1-48-38-20-14-35(15-21-38)28-53-44-42(56-31-51-26-33-10-6-4-7-11-33)41(47)43(57-32-52-27-34-12-8-5-9-13-34)45(54-29-36-16-22-39(49-2)23-17-36)46(44)55-30-37-18-24-40(50-3)25-19-37/h4-25,41-47H,26-32H2,1-3H3/t41?,42-,43-,44-,45+,46?/m0/s1. The lowest BCUT2D eigenvalue weighted by Gasteiger charge is -2.48. The summed E-state index contributed by atoms with van der Waals surface area (Å²) in [6.07, 6.45) is -5.64. The van der Waals surface area contributed by atoms with Crippen LogP contribution in [0, 0.1) is 0 Å². The largest absolute Gasteiger partial charge is 0.497 e. The number of hydrogen-bond donors (Lipinski definition) is 1. The quantitative estimate of drug-likeness (QED) is 0.0566.